The molecule has 1 N–H and O–H groups in total. The molecule has 2 heterocycles. The van der Waals surface area contributed by atoms with Crippen molar-refractivity contribution in [2.75, 3.05) is 0 Å². The summed E-state index contributed by atoms with van der Waals surface area (Å²) in [6, 6.07) is 0. The van der Waals surface area contributed by atoms with E-state index in [1.165, 1.54) is 0 Å². The summed E-state index contributed by atoms with van der Waals surface area (Å²) in [5.74, 6) is 0. The van der Waals surface area contributed by atoms with Crippen LogP contribution in [0.2, 0.25) is 0 Å². The summed E-state index contributed by atoms with van der Waals surface area (Å²) in [6.07, 6.45) is 5.60. The molecular weight excluding hydrogens is 204 g/mol. The van der Waals surface area contributed by atoms with E-state index >= 15 is 0 Å². The minimum atomic E-state index is -0.516. The van der Waals surface area contributed by atoms with Gasteiger partial charge >= 0.3 is 0 Å². The number of hydrogen-bond acceptors (Lipinski definition) is 3. The highest BCUT2D eigenvalue weighted by Gasteiger charge is 2.14. The molecule has 0 fully saturated rings. The van der Waals surface area contributed by atoms with E-state index in [4.69, 9.17) is 0 Å². The number of nitrogens with zero attached hydrogens (tertiary/aromatic N) is 4. The number of rotatable bonds is 3. The fourth-order valence-electron chi connectivity index (χ4n) is 1.86. The smallest absolute Gasteiger partial charge is 0.0864 e. The van der Waals surface area contributed by atoms with Crippen molar-refractivity contribution in [2.24, 2.45) is 14.1 Å². The van der Waals surface area contributed by atoms with E-state index in [1.807, 2.05) is 33.4 Å². The molecule has 2 aromatic heterocycles. The van der Waals surface area contributed by atoms with Crippen molar-refractivity contribution in [3.05, 3.63) is 35.4 Å². The molecular formula is C11H16N4O. The highest BCUT2D eigenvalue weighted by Crippen LogP contribution is 2.20. The zero-order chi connectivity index (χ0) is 11.7. The van der Waals surface area contributed by atoms with E-state index in [9.17, 15) is 5.11 Å². The van der Waals surface area contributed by atoms with Gasteiger partial charge in [-0.3, -0.25) is 9.36 Å². The highest BCUT2D eigenvalue weighted by molar-refractivity contribution is 5.21. The van der Waals surface area contributed by atoms with Crippen molar-refractivity contribution in [3.8, 4) is 0 Å². The fraction of sp³-hybridized carbons (Fsp3) is 0.455. The Kier molecular flexibility index (Phi) is 2.78. The lowest BCUT2D eigenvalue weighted by Crippen LogP contribution is -2.01. The first-order valence-corrected chi connectivity index (χ1v) is 5.22. The topological polar surface area (TPSA) is 55.9 Å². The first-order chi connectivity index (χ1) is 7.56. The third kappa shape index (κ3) is 2.14. The fourth-order valence-corrected chi connectivity index (χ4v) is 1.86. The standard InChI is InChI=1S/C11H16N4O/c1-8-10(7-15(3)13-8)11(16)4-9-5-12-14(2)6-9/h5-7,11,16H,4H2,1-3H3. The van der Waals surface area contributed by atoms with Gasteiger partial charge in [0.2, 0.25) is 0 Å². The molecule has 0 saturated carbocycles. The van der Waals surface area contributed by atoms with E-state index in [0.29, 0.717) is 6.42 Å². The molecule has 1 atom stereocenters. The van der Waals surface area contributed by atoms with E-state index in [0.717, 1.165) is 16.8 Å². The largest absolute Gasteiger partial charge is 0.388 e. The zero-order valence-corrected chi connectivity index (χ0v) is 9.75. The average Bonchev–Trinajstić information content (AvgIpc) is 2.73. The summed E-state index contributed by atoms with van der Waals surface area (Å²) >= 11 is 0. The number of aliphatic hydroxyl groups is 1. The van der Waals surface area contributed by atoms with Crippen LogP contribution in [0.4, 0.5) is 0 Å². The molecule has 0 aromatic carbocycles. The minimum absolute atomic E-state index is 0.516. The second kappa shape index (κ2) is 4.09. The minimum Gasteiger partial charge on any atom is -0.388 e. The molecule has 86 valence electrons. The van der Waals surface area contributed by atoms with Gasteiger partial charge in [-0.2, -0.15) is 10.2 Å². The van der Waals surface area contributed by atoms with Crippen LogP contribution in [0.15, 0.2) is 18.6 Å². The summed E-state index contributed by atoms with van der Waals surface area (Å²) in [5.41, 5.74) is 2.78. The molecule has 1 unspecified atom stereocenters. The van der Waals surface area contributed by atoms with Crippen molar-refractivity contribution in [2.45, 2.75) is 19.4 Å². The van der Waals surface area contributed by atoms with Crippen LogP contribution in [0.1, 0.15) is 22.9 Å². The highest BCUT2D eigenvalue weighted by atomic mass is 16.3. The second-order valence-electron chi connectivity index (χ2n) is 4.09. The van der Waals surface area contributed by atoms with Crippen LogP contribution in [-0.2, 0) is 20.5 Å². The molecule has 0 aliphatic carbocycles. The van der Waals surface area contributed by atoms with Crippen LogP contribution < -0.4 is 0 Å². The van der Waals surface area contributed by atoms with Crippen LogP contribution in [0.25, 0.3) is 0 Å². The predicted octanol–water partition coefficient (Wildman–Crippen LogP) is 0.738. The second-order valence-corrected chi connectivity index (χ2v) is 4.09. The van der Waals surface area contributed by atoms with Crippen molar-refractivity contribution in [1.82, 2.24) is 19.6 Å². The Bertz CT molecular complexity index is 486. The molecule has 0 aliphatic rings. The lowest BCUT2D eigenvalue weighted by molar-refractivity contribution is 0.177. The third-order valence-corrected chi connectivity index (χ3v) is 2.60. The Hall–Kier alpha value is -1.62. The third-order valence-electron chi connectivity index (χ3n) is 2.60. The van der Waals surface area contributed by atoms with Gasteiger partial charge in [0, 0.05) is 38.5 Å². The summed E-state index contributed by atoms with van der Waals surface area (Å²) in [5, 5.41) is 18.4. The molecule has 0 radical (unpaired) electrons. The van der Waals surface area contributed by atoms with Crippen molar-refractivity contribution >= 4 is 0 Å². The molecule has 5 nitrogen and oxygen atoms in total. The maximum Gasteiger partial charge on any atom is 0.0864 e. The molecule has 5 heteroatoms. The van der Waals surface area contributed by atoms with Gasteiger partial charge in [0.1, 0.15) is 0 Å². The van der Waals surface area contributed by atoms with Crippen molar-refractivity contribution in [3.63, 3.8) is 0 Å². The van der Waals surface area contributed by atoms with Crippen LogP contribution in [0, 0.1) is 6.92 Å². The molecule has 0 amide bonds. The maximum atomic E-state index is 10.1. The molecule has 2 aromatic rings. The molecule has 0 spiro atoms. The van der Waals surface area contributed by atoms with E-state index in [-0.39, 0.29) is 0 Å². The molecule has 0 bridgehead atoms. The summed E-state index contributed by atoms with van der Waals surface area (Å²) in [4.78, 5) is 0. The number of hydrogen-bond donors (Lipinski definition) is 1. The summed E-state index contributed by atoms with van der Waals surface area (Å²) < 4.78 is 3.45. The zero-order valence-electron chi connectivity index (χ0n) is 9.75. The molecule has 0 saturated heterocycles. The van der Waals surface area contributed by atoms with E-state index < -0.39 is 6.10 Å². The Morgan fingerprint density at radius 3 is 2.56 bits per heavy atom. The van der Waals surface area contributed by atoms with Crippen molar-refractivity contribution < 1.29 is 5.11 Å². The Labute approximate surface area is 94.3 Å². The van der Waals surface area contributed by atoms with E-state index in [1.54, 1.807) is 15.6 Å². The van der Waals surface area contributed by atoms with Gasteiger partial charge in [-0.1, -0.05) is 0 Å². The predicted molar refractivity (Wildman–Crippen MR) is 59.8 cm³/mol. The number of aliphatic hydroxyl groups excluding tert-OH is 1. The van der Waals surface area contributed by atoms with Gasteiger partial charge < -0.3 is 5.11 Å². The van der Waals surface area contributed by atoms with Gasteiger partial charge in [0.05, 0.1) is 18.0 Å². The summed E-state index contributed by atoms with van der Waals surface area (Å²) in [6.45, 7) is 1.90. The van der Waals surface area contributed by atoms with E-state index in [2.05, 4.69) is 10.2 Å². The number of aromatic nitrogens is 4. The molecule has 2 rings (SSSR count). The van der Waals surface area contributed by atoms with Gasteiger partial charge in [0.25, 0.3) is 0 Å². The van der Waals surface area contributed by atoms with Crippen LogP contribution in [0.3, 0.4) is 0 Å². The molecule has 16 heavy (non-hydrogen) atoms. The lowest BCUT2D eigenvalue weighted by Gasteiger charge is -2.07. The van der Waals surface area contributed by atoms with Gasteiger partial charge in [-0.15, -0.1) is 0 Å². The quantitative estimate of drug-likeness (QED) is 0.830. The Balaban J connectivity index is 2.14. The Morgan fingerprint density at radius 1 is 1.31 bits per heavy atom. The summed E-state index contributed by atoms with van der Waals surface area (Å²) in [7, 11) is 3.72. The van der Waals surface area contributed by atoms with Gasteiger partial charge in [0.15, 0.2) is 0 Å². The lowest BCUT2D eigenvalue weighted by atomic mass is 10.1. The average molecular weight is 220 g/mol. The number of aryl methyl sites for hydroxylation is 3. The normalized spacial score (nSPS) is 13.0. The first-order valence-electron chi connectivity index (χ1n) is 5.22. The van der Waals surface area contributed by atoms with Gasteiger partial charge in [-0.05, 0) is 12.5 Å². The van der Waals surface area contributed by atoms with Crippen LogP contribution >= 0.6 is 0 Å². The van der Waals surface area contributed by atoms with Crippen LogP contribution in [0.5, 0.6) is 0 Å². The SMILES string of the molecule is Cc1nn(C)cc1C(O)Cc1cnn(C)c1. The maximum absolute atomic E-state index is 10.1. The first kappa shape index (κ1) is 10.9. The Morgan fingerprint density at radius 2 is 2.06 bits per heavy atom. The van der Waals surface area contributed by atoms with Crippen molar-refractivity contribution in [1.29, 1.82) is 0 Å². The van der Waals surface area contributed by atoms with Gasteiger partial charge in [-0.25, -0.2) is 0 Å². The van der Waals surface area contributed by atoms with Crippen LogP contribution in [-0.4, -0.2) is 24.7 Å². The molecule has 0 aliphatic heterocycles. The monoisotopic (exact) mass is 220 g/mol.